The number of benzene rings is 1. The third-order valence-corrected chi connectivity index (χ3v) is 5.96. The number of halogens is 1. The molecule has 4 rings (SSSR count). The molecular formula is C24H29FN2. The third kappa shape index (κ3) is 4.58. The first-order chi connectivity index (χ1) is 13.0. The number of hydrogen-bond acceptors (Lipinski definition) is 2. The molecule has 0 spiro atoms. The molecule has 0 aliphatic heterocycles. The van der Waals surface area contributed by atoms with E-state index < -0.39 is 0 Å². The molecule has 2 aromatic rings. The number of hydrogen-bond donors (Lipinski definition) is 1. The molecule has 27 heavy (non-hydrogen) atoms. The smallest absolute Gasteiger partial charge is 0.123 e. The molecule has 0 amide bonds. The lowest BCUT2D eigenvalue weighted by Crippen LogP contribution is -2.20. The molecule has 3 heteroatoms. The van der Waals surface area contributed by atoms with Gasteiger partial charge >= 0.3 is 0 Å². The lowest BCUT2D eigenvalue weighted by molar-refractivity contribution is 0.602. The zero-order valence-electron chi connectivity index (χ0n) is 16.3. The van der Waals surface area contributed by atoms with Gasteiger partial charge in [0.2, 0.25) is 0 Å². The van der Waals surface area contributed by atoms with Crippen molar-refractivity contribution in [2.75, 3.05) is 0 Å². The molecule has 1 aromatic carbocycles. The van der Waals surface area contributed by atoms with Crippen LogP contribution in [-0.4, -0.2) is 4.98 Å². The summed E-state index contributed by atoms with van der Waals surface area (Å²) < 4.78 is 13.7. The van der Waals surface area contributed by atoms with Crippen molar-refractivity contribution in [3.8, 4) is 0 Å². The second kappa shape index (κ2) is 7.46. The number of allylic oxidation sites excluding steroid dienone is 1. The predicted molar refractivity (Wildman–Crippen MR) is 108 cm³/mol. The van der Waals surface area contributed by atoms with Crippen molar-refractivity contribution >= 4 is 0 Å². The van der Waals surface area contributed by atoms with Gasteiger partial charge in [0.1, 0.15) is 5.82 Å². The summed E-state index contributed by atoms with van der Waals surface area (Å²) in [6.07, 6.45) is 8.32. The Kier molecular flexibility index (Phi) is 5.03. The summed E-state index contributed by atoms with van der Waals surface area (Å²) in [6.45, 7) is 8.31. The minimum Gasteiger partial charge on any atom is -0.380 e. The van der Waals surface area contributed by atoms with Crippen LogP contribution in [0.5, 0.6) is 0 Å². The normalized spacial score (nSPS) is 22.3. The van der Waals surface area contributed by atoms with Crippen molar-refractivity contribution in [2.24, 2.45) is 11.8 Å². The van der Waals surface area contributed by atoms with E-state index in [1.165, 1.54) is 24.8 Å². The fourth-order valence-corrected chi connectivity index (χ4v) is 4.00. The van der Waals surface area contributed by atoms with Crippen molar-refractivity contribution in [3.63, 3.8) is 0 Å². The molecule has 2 nitrogen and oxygen atoms in total. The molecule has 142 valence electrons. The van der Waals surface area contributed by atoms with Gasteiger partial charge in [0.05, 0.1) is 11.7 Å². The lowest BCUT2D eigenvalue weighted by Gasteiger charge is -2.17. The Morgan fingerprint density at radius 3 is 2.78 bits per heavy atom. The maximum absolute atomic E-state index is 13.7. The first kappa shape index (κ1) is 18.2. The number of aryl methyl sites for hydroxylation is 2. The molecular weight excluding hydrogens is 335 g/mol. The van der Waals surface area contributed by atoms with E-state index in [0.717, 1.165) is 41.3 Å². The molecule has 0 bridgehead atoms. The monoisotopic (exact) mass is 364 g/mol. The fraction of sp³-hybridized carbons (Fsp3) is 0.458. The Morgan fingerprint density at radius 1 is 1.30 bits per heavy atom. The van der Waals surface area contributed by atoms with E-state index in [9.17, 15) is 4.39 Å². The molecule has 1 heterocycles. The molecule has 2 aliphatic rings. The van der Waals surface area contributed by atoms with Crippen molar-refractivity contribution in [2.45, 2.75) is 57.9 Å². The number of aromatic nitrogens is 1. The maximum Gasteiger partial charge on any atom is 0.123 e. The second-order valence-electron chi connectivity index (χ2n) is 8.48. The van der Waals surface area contributed by atoms with Crippen molar-refractivity contribution in [1.29, 1.82) is 0 Å². The number of pyridine rings is 1. The van der Waals surface area contributed by atoms with Crippen LogP contribution < -0.4 is 5.32 Å². The molecule has 1 aromatic heterocycles. The number of rotatable bonds is 8. The van der Waals surface area contributed by atoms with Gasteiger partial charge < -0.3 is 5.32 Å². The van der Waals surface area contributed by atoms with Crippen molar-refractivity contribution in [3.05, 3.63) is 77.0 Å². The molecule has 1 N–H and O–H groups in total. The van der Waals surface area contributed by atoms with E-state index in [0.29, 0.717) is 11.8 Å². The Balaban J connectivity index is 1.31. The Morgan fingerprint density at radius 2 is 2.11 bits per heavy atom. The Bertz CT molecular complexity index is 803. The summed E-state index contributed by atoms with van der Waals surface area (Å²) in [5, 5.41) is 3.52. The van der Waals surface area contributed by atoms with E-state index in [-0.39, 0.29) is 11.9 Å². The number of nitrogens with one attached hydrogen (secondary N) is 1. The van der Waals surface area contributed by atoms with Gasteiger partial charge in [-0.15, -0.1) is 0 Å². The average Bonchev–Trinajstić information content (AvgIpc) is 3.54. The summed E-state index contributed by atoms with van der Waals surface area (Å²) in [5.41, 5.74) is 5.49. The van der Waals surface area contributed by atoms with Crippen LogP contribution in [0.2, 0.25) is 0 Å². The average molecular weight is 365 g/mol. The largest absolute Gasteiger partial charge is 0.380 e. The minimum absolute atomic E-state index is 0.130. The van der Waals surface area contributed by atoms with Crippen LogP contribution in [0.1, 0.15) is 67.0 Å². The molecule has 2 fully saturated rings. The topological polar surface area (TPSA) is 24.9 Å². The van der Waals surface area contributed by atoms with Crippen molar-refractivity contribution < 1.29 is 4.39 Å². The molecule has 3 atom stereocenters. The lowest BCUT2D eigenvalue weighted by atomic mass is 10.0. The SMILES string of the molecule is C=C(N[C@H](C)c1ccc(CCC2CC2)cn1)[C@@H]1C[C@H]1c1cc(C)cc(F)c1. The van der Waals surface area contributed by atoms with E-state index in [4.69, 9.17) is 0 Å². The maximum atomic E-state index is 13.7. The van der Waals surface area contributed by atoms with Gasteiger partial charge in [-0.1, -0.05) is 31.6 Å². The highest BCUT2D eigenvalue weighted by Gasteiger charge is 2.41. The number of nitrogens with zero attached hydrogens (tertiary/aromatic N) is 1. The van der Waals surface area contributed by atoms with E-state index >= 15 is 0 Å². The summed E-state index contributed by atoms with van der Waals surface area (Å²) in [6, 6.07) is 9.80. The van der Waals surface area contributed by atoms with Crippen LogP contribution >= 0.6 is 0 Å². The molecule has 2 saturated carbocycles. The van der Waals surface area contributed by atoms with Gasteiger partial charge in [-0.25, -0.2) is 4.39 Å². The summed E-state index contributed by atoms with van der Waals surface area (Å²) in [5.74, 6) is 1.58. The standard InChI is InChI=1S/C24H29FN2/c1-15-10-20(12-21(25)11-15)23-13-22(23)16(2)27-17(3)24-9-8-19(14-26-24)7-6-18-4-5-18/h8-12,14,17-18,22-23,27H,2,4-7,13H2,1,3H3/t17-,22+,23+/m1/s1. The molecule has 2 aliphatic carbocycles. The van der Waals surface area contributed by atoms with Crippen LogP contribution in [0.15, 0.2) is 48.8 Å². The fourth-order valence-electron chi connectivity index (χ4n) is 4.00. The van der Waals surface area contributed by atoms with Gasteiger partial charge in [0.15, 0.2) is 0 Å². The predicted octanol–water partition coefficient (Wildman–Crippen LogP) is 5.84. The van der Waals surface area contributed by atoms with E-state index in [1.54, 1.807) is 12.1 Å². The minimum atomic E-state index is -0.145. The quantitative estimate of drug-likeness (QED) is 0.636. The van der Waals surface area contributed by atoms with E-state index in [1.807, 2.05) is 13.1 Å². The van der Waals surface area contributed by atoms with Crippen LogP contribution in [0.4, 0.5) is 4.39 Å². The first-order valence-corrected chi connectivity index (χ1v) is 10.2. The highest BCUT2D eigenvalue weighted by molar-refractivity contribution is 5.34. The van der Waals surface area contributed by atoms with Gasteiger partial charge in [-0.05, 0) is 79.8 Å². The summed E-state index contributed by atoms with van der Waals surface area (Å²) >= 11 is 0. The van der Waals surface area contributed by atoms with Gasteiger partial charge in [0.25, 0.3) is 0 Å². The highest BCUT2D eigenvalue weighted by atomic mass is 19.1. The highest BCUT2D eigenvalue weighted by Crippen LogP contribution is 2.51. The van der Waals surface area contributed by atoms with Gasteiger partial charge in [-0.2, -0.15) is 0 Å². The van der Waals surface area contributed by atoms with Gasteiger partial charge in [0, 0.05) is 17.8 Å². The summed E-state index contributed by atoms with van der Waals surface area (Å²) in [7, 11) is 0. The first-order valence-electron chi connectivity index (χ1n) is 10.2. The molecule has 0 unspecified atom stereocenters. The van der Waals surface area contributed by atoms with Crippen LogP contribution in [0.25, 0.3) is 0 Å². The van der Waals surface area contributed by atoms with Crippen LogP contribution in [0.3, 0.4) is 0 Å². The summed E-state index contributed by atoms with van der Waals surface area (Å²) in [4.78, 5) is 4.66. The van der Waals surface area contributed by atoms with Crippen molar-refractivity contribution in [1.82, 2.24) is 10.3 Å². The zero-order chi connectivity index (χ0) is 19.0. The van der Waals surface area contributed by atoms with Crippen LogP contribution in [-0.2, 0) is 6.42 Å². The van der Waals surface area contributed by atoms with Gasteiger partial charge in [-0.3, -0.25) is 4.98 Å². The zero-order valence-corrected chi connectivity index (χ0v) is 16.3. The third-order valence-electron chi connectivity index (χ3n) is 5.96. The van der Waals surface area contributed by atoms with Crippen LogP contribution in [0, 0.1) is 24.6 Å². The van der Waals surface area contributed by atoms with E-state index in [2.05, 4.69) is 42.0 Å². The second-order valence-corrected chi connectivity index (χ2v) is 8.48. The molecule has 0 radical (unpaired) electrons. The molecule has 0 saturated heterocycles. The Hall–Kier alpha value is -2.16. The Labute approximate surface area is 161 Å².